The fourth-order valence-electron chi connectivity index (χ4n) is 4.34. The minimum absolute atomic E-state index is 0.0331. The zero-order valence-corrected chi connectivity index (χ0v) is 22.2. The summed E-state index contributed by atoms with van der Waals surface area (Å²) in [6.07, 6.45) is 10.1. The molecule has 1 aliphatic carbocycles. The van der Waals surface area contributed by atoms with Crippen molar-refractivity contribution in [3.63, 3.8) is 0 Å². The Bertz CT molecular complexity index is 1400. The summed E-state index contributed by atoms with van der Waals surface area (Å²) < 4.78 is 26.5. The van der Waals surface area contributed by atoms with Crippen molar-refractivity contribution in [2.45, 2.75) is 31.3 Å². The molecule has 0 saturated carbocycles. The first-order chi connectivity index (χ1) is 18.4. The number of amides is 4. The van der Waals surface area contributed by atoms with Crippen molar-refractivity contribution in [2.75, 3.05) is 5.32 Å². The highest BCUT2D eigenvalue weighted by Gasteiger charge is 2.47. The summed E-state index contributed by atoms with van der Waals surface area (Å²) in [4.78, 5) is 41.0. The summed E-state index contributed by atoms with van der Waals surface area (Å²) in [6.45, 7) is 0. The lowest BCUT2D eigenvalue weighted by atomic mass is 10.0. The second kappa shape index (κ2) is 11.2. The van der Waals surface area contributed by atoms with Gasteiger partial charge in [-0.15, -0.1) is 0 Å². The van der Waals surface area contributed by atoms with Crippen molar-refractivity contribution in [3.05, 3.63) is 111 Å². The van der Waals surface area contributed by atoms with Gasteiger partial charge in [-0.25, -0.2) is 14.1 Å². The van der Waals surface area contributed by atoms with Crippen molar-refractivity contribution < 1.29 is 28.2 Å². The molecule has 2 aliphatic heterocycles. The molecule has 2 heterocycles. The SMILES string of the molecule is O=C(Nc1ccc(I)cc1F)[C@H](Cc1ccccc1)N1C(=O)N[C@H](C2=COC=C(C3=CC=CCC3)O2)C1=O. The van der Waals surface area contributed by atoms with Crippen LogP contribution < -0.4 is 10.6 Å². The van der Waals surface area contributed by atoms with Crippen molar-refractivity contribution in [2.24, 2.45) is 0 Å². The number of imide groups is 1. The largest absolute Gasteiger partial charge is 0.465 e. The third-order valence-corrected chi connectivity index (χ3v) is 6.92. The van der Waals surface area contributed by atoms with Gasteiger partial charge in [0.25, 0.3) is 5.91 Å². The molecule has 5 rings (SSSR count). The Kier molecular flexibility index (Phi) is 7.59. The number of halogens is 2. The summed E-state index contributed by atoms with van der Waals surface area (Å²) in [5, 5.41) is 5.13. The Morgan fingerprint density at radius 1 is 1.18 bits per heavy atom. The Labute approximate surface area is 232 Å². The van der Waals surface area contributed by atoms with Gasteiger partial charge in [0.2, 0.25) is 5.91 Å². The lowest BCUT2D eigenvalue weighted by molar-refractivity contribution is -0.134. The Morgan fingerprint density at radius 2 is 2.00 bits per heavy atom. The summed E-state index contributed by atoms with van der Waals surface area (Å²) in [7, 11) is 0. The minimum atomic E-state index is -1.25. The number of hydrogen-bond acceptors (Lipinski definition) is 5. The standard InChI is InChI=1S/C28H23FIN3O5/c29-20-14-19(30)11-12-21(20)31-26(34)22(13-17-7-3-1-4-8-17)33-27(35)25(32-28(33)36)24-16-37-15-23(38-24)18-9-5-2-6-10-18/h1-5,7-9,11-12,14-16,22,25H,6,10,13H2,(H,31,34)(H,32,36)/t22-,25+/m0/s1. The number of nitrogens with zero attached hydrogens (tertiary/aromatic N) is 1. The molecule has 0 spiro atoms. The molecular formula is C28H23FIN3O5. The second-order valence-corrected chi connectivity index (χ2v) is 10.1. The van der Waals surface area contributed by atoms with Gasteiger partial charge in [0.05, 0.1) is 5.69 Å². The molecule has 2 aromatic carbocycles. The average molecular weight is 627 g/mol. The molecule has 2 aromatic rings. The molecule has 0 radical (unpaired) electrons. The highest BCUT2D eigenvalue weighted by Crippen LogP contribution is 2.30. The highest BCUT2D eigenvalue weighted by molar-refractivity contribution is 14.1. The topological polar surface area (TPSA) is 97.0 Å². The van der Waals surface area contributed by atoms with E-state index in [2.05, 4.69) is 10.6 Å². The first-order valence-corrected chi connectivity index (χ1v) is 13.0. The van der Waals surface area contributed by atoms with E-state index in [0.717, 1.165) is 28.9 Å². The number of ether oxygens (including phenoxy) is 2. The fourth-order valence-corrected chi connectivity index (χ4v) is 4.79. The first-order valence-electron chi connectivity index (χ1n) is 11.9. The predicted molar refractivity (Wildman–Crippen MR) is 146 cm³/mol. The third-order valence-electron chi connectivity index (χ3n) is 6.25. The van der Waals surface area contributed by atoms with E-state index in [1.807, 2.05) is 46.9 Å². The van der Waals surface area contributed by atoms with Gasteiger partial charge in [-0.3, -0.25) is 9.59 Å². The number of anilines is 1. The van der Waals surface area contributed by atoms with Crippen LogP contribution in [0.2, 0.25) is 0 Å². The van der Waals surface area contributed by atoms with Crippen LogP contribution in [0.5, 0.6) is 0 Å². The smallest absolute Gasteiger partial charge is 0.325 e. The monoisotopic (exact) mass is 627 g/mol. The molecule has 38 heavy (non-hydrogen) atoms. The summed E-state index contributed by atoms with van der Waals surface area (Å²) in [5.41, 5.74) is 1.57. The lowest BCUT2D eigenvalue weighted by Gasteiger charge is -2.25. The molecule has 10 heteroatoms. The van der Waals surface area contributed by atoms with Crippen molar-refractivity contribution in [1.82, 2.24) is 10.2 Å². The average Bonchev–Trinajstić information content (AvgIpc) is 3.23. The normalized spacial score (nSPS) is 19.5. The number of nitrogens with one attached hydrogen (secondary N) is 2. The Hall–Kier alpha value is -3.93. The number of hydrogen-bond donors (Lipinski definition) is 2. The van der Waals surface area contributed by atoms with Crippen molar-refractivity contribution in [1.29, 1.82) is 0 Å². The van der Waals surface area contributed by atoms with Gasteiger partial charge in [-0.05, 0) is 64.8 Å². The zero-order chi connectivity index (χ0) is 26.6. The van der Waals surface area contributed by atoms with Crippen molar-refractivity contribution >= 4 is 46.1 Å². The zero-order valence-electron chi connectivity index (χ0n) is 20.0. The van der Waals surface area contributed by atoms with Crippen LogP contribution in [0, 0.1) is 9.39 Å². The van der Waals surface area contributed by atoms with E-state index >= 15 is 0 Å². The van der Waals surface area contributed by atoms with Gasteiger partial charge in [0, 0.05) is 9.99 Å². The van der Waals surface area contributed by atoms with Crippen LogP contribution in [0.4, 0.5) is 14.9 Å². The summed E-state index contributed by atoms with van der Waals surface area (Å²) >= 11 is 1.96. The van der Waals surface area contributed by atoms with E-state index in [4.69, 9.17) is 9.47 Å². The van der Waals surface area contributed by atoms with Gasteiger partial charge in [-0.1, -0.05) is 48.6 Å². The molecule has 0 aromatic heterocycles. The molecule has 4 amide bonds. The molecular weight excluding hydrogens is 604 g/mol. The highest BCUT2D eigenvalue weighted by atomic mass is 127. The number of carbonyl (C=O) groups is 3. The fraction of sp³-hybridized carbons (Fsp3) is 0.179. The van der Waals surface area contributed by atoms with E-state index in [0.29, 0.717) is 9.33 Å². The van der Waals surface area contributed by atoms with E-state index < -0.39 is 35.7 Å². The maximum atomic E-state index is 14.5. The molecule has 1 fully saturated rings. The maximum absolute atomic E-state index is 14.5. The van der Waals surface area contributed by atoms with E-state index in [-0.39, 0.29) is 17.9 Å². The minimum Gasteiger partial charge on any atom is -0.465 e. The van der Waals surface area contributed by atoms with E-state index in [1.54, 1.807) is 30.3 Å². The maximum Gasteiger partial charge on any atom is 0.325 e. The van der Waals surface area contributed by atoms with Crippen LogP contribution in [-0.2, 0) is 25.5 Å². The molecule has 0 bridgehead atoms. The van der Waals surface area contributed by atoms with Gasteiger partial charge in [-0.2, -0.15) is 0 Å². The number of benzene rings is 2. The van der Waals surface area contributed by atoms with Crippen LogP contribution in [0.1, 0.15) is 18.4 Å². The van der Waals surface area contributed by atoms with Crippen LogP contribution in [0.3, 0.4) is 0 Å². The number of allylic oxidation sites excluding steroid dienone is 4. The first kappa shape index (κ1) is 25.7. The van der Waals surface area contributed by atoms with Crippen LogP contribution in [-0.4, -0.2) is 34.8 Å². The predicted octanol–water partition coefficient (Wildman–Crippen LogP) is 4.91. The molecule has 2 atom stereocenters. The number of carbonyl (C=O) groups excluding carboxylic acids is 3. The van der Waals surface area contributed by atoms with E-state index in [9.17, 15) is 18.8 Å². The quantitative estimate of drug-likeness (QED) is 0.336. The summed E-state index contributed by atoms with van der Waals surface area (Å²) in [6, 6.07) is 10.1. The molecule has 194 valence electrons. The van der Waals surface area contributed by atoms with E-state index in [1.165, 1.54) is 24.7 Å². The van der Waals surface area contributed by atoms with Crippen molar-refractivity contribution in [3.8, 4) is 0 Å². The molecule has 3 aliphatic rings. The lowest BCUT2D eigenvalue weighted by Crippen LogP contribution is -2.49. The summed E-state index contributed by atoms with van der Waals surface area (Å²) in [5.74, 6) is -1.46. The molecule has 2 N–H and O–H groups in total. The Morgan fingerprint density at radius 3 is 2.74 bits per heavy atom. The van der Waals surface area contributed by atoms with Gasteiger partial charge >= 0.3 is 6.03 Å². The van der Waals surface area contributed by atoms with Gasteiger partial charge in [0.15, 0.2) is 17.6 Å². The van der Waals surface area contributed by atoms with Crippen LogP contribution >= 0.6 is 22.6 Å². The van der Waals surface area contributed by atoms with Crippen LogP contribution in [0.25, 0.3) is 0 Å². The Balaban J connectivity index is 1.39. The molecule has 1 saturated heterocycles. The van der Waals surface area contributed by atoms with Crippen LogP contribution in [0.15, 0.2) is 96.4 Å². The number of rotatable bonds is 7. The molecule has 0 unspecified atom stereocenters. The second-order valence-electron chi connectivity index (χ2n) is 8.81. The third kappa shape index (κ3) is 5.49. The molecule has 8 nitrogen and oxygen atoms in total. The number of urea groups is 1. The van der Waals surface area contributed by atoms with Gasteiger partial charge < -0.3 is 20.1 Å². The van der Waals surface area contributed by atoms with Gasteiger partial charge in [0.1, 0.15) is 24.4 Å².